The second-order valence-electron chi connectivity index (χ2n) is 8.19. The summed E-state index contributed by atoms with van der Waals surface area (Å²) in [6, 6.07) is 9.20. The van der Waals surface area contributed by atoms with Crippen LogP contribution in [0, 0.1) is 12.7 Å². The van der Waals surface area contributed by atoms with Crippen molar-refractivity contribution in [3.8, 4) is 0 Å². The van der Waals surface area contributed by atoms with Gasteiger partial charge in [0.05, 0.1) is 11.9 Å². The molecule has 0 aliphatic heterocycles. The van der Waals surface area contributed by atoms with Gasteiger partial charge in [-0.15, -0.1) is 0 Å². The van der Waals surface area contributed by atoms with Crippen LogP contribution in [0.4, 0.5) is 10.1 Å². The van der Waals surface area contributed by atoms with E-state index < -0.39 is 34.3 Å². The Kier molecular flexibility index (Phi) is 8.85. The first-order valence-corrected chi connectivity index (χ1v) is 12.6. The van der Waals surface area contributed by atoms with Gasteiger partial charge in [0.25, 0.3) is 0 Å². The van der Waals surface area contributed by atoms with E-state index in [1.807, 2.05) is 0 Å². The summed E-state index contributed by atoms with van der Waals surface area (Å²) in [4.78, 5) is 27.3. The van der Waals surface area contributed by atoms with Crippen LogP contribution >= 0.6 is 11.6 Å². The molecule has 33 heavy (non-hydrogen) atoms. The van der Waals surface area contributed by atoms with Gasteiger partial charge in [0.2, 0.25) is 21.8 Å². The Morgan fingerprint density at radius 2 is 1.70 bits per heavy atom. The van der Waals surface area contributed by atoms with E-state index in [-0.39, 0.29) is 24.2 Å². The van der Waals surface area contributed by atoms with Crippen molar-refractivity contribution in [2.45, 2.75) is 46.3 Å². The molecule has 0 fully saturated rings. The smallest absolute Gasteiger partial charge is 0.244 e. The monoisotopic (exact) mass is 497 g/mol. The predicted octanol–water partition coefficient (Wildman–Crippen LogP) is 3.50. The number of hydrogen-bond donors (Lipinski definition) is 1. The number of nitrogens with zero attached hydrogens (tertiary/aromatic N) is 2. The molecule has 0 bridgehead atoms. The first kappa shape index (κ1) is 26.6. The minimum atomic E-state index is -3.84. The maximum absolute atomic E-state index is 13.4. The summed E-state index contributed by atoms with van der Waals surface area (Å²) >= 11 is 6.17. The summed E-state index contributed by atoms with van der Waals surface area (Å²) in [6.07, 6.45) is 0.993. The molecular formula is C23H29ClFN3O4S. The summed E-state index contributed by atoms with van der Waals surface area (Å²) in [7, 11) is -3.84. The number of hydrogen-bond acceptors (Lipinski definition) is 4. The van der Waals surface area contributed by atoms with Gasteiger partial charge in [-0.2, -0.15) is 0 Å². The third-order valence-corrected chi connectivity index (χ3v) is 6.53. The van der Waals surface area contributed by atoms with E-state index in [4.69, 9.17) is 11.6 Å². The Labute approximate surface area is 199 Å². The van der Waals surface area contributed by atoms with E-state index >= 15 is 0 Å². The molecule has 0 aromatic heterocycles. The number of halogens is 2. The van der Waals surface area contributed by atoms with E-state index in [0.29, 0.717) is 10.6 Å². The van der Waals surface area contributed by atoms with Gasteiger partial charge in [-0.1, -0.05) is 29.8 Å². The number of sulfonamides is 1. The van der Waals surface area contributed by atoms with Gasteiger partial charge in [-0.05, 0) is 63.1 Å². The van der Waals surface area contributed by atoms with E-state index in [1.54, 1.807) is 39.8 Å². The number of carbonyl (C=O) groups excluding carboxylic acids is 2. The van der Waals surface area contributed by atoms with Gasteiger partial charge < -0.3 is 10.2 Å². The average Bonchev–Trinajstić information content (AvgIpc) is 2.71. The predicted molar refractivity (Wildman–Crippen MR) is 128 cm³/mol. The van der Waals surface area contributed by atoms with Gasteiger partial charge in [-0.25, -0.2) is 12.8 Å². The van der Waals surface area contributed by atoms with Crippen molar-refractivity contribution in [2.24, 2.45) is 0 Å². The summed E-state index contributed by atoms with van der Waals surface area (Å²) in [6.45, 7) is 6.40. The third-order valence-electron chi connectivity index (χ3n) is 4.99. The van der Waals surface area contributed by atoms with E-state index in [1.165, 1.54) is 35.2 Å². The highest BCUT2D eigenvalue weighted by atomic mass is 35.5. The molecule has 0 aliphatic carbocycles. The molecule has 2 aromatic carbocycles. The zero-order valence-electron chi connectivity index (χ0n) is 19.3. The lowest BCUT2D eigenvalue weighted by Gasteiger charge is -2.32. The van der Waals surface area contributed by atoms with E-state index in [0.717, 1.165) is 16.1 Å². The van der Waals surface area contributed by atoms with Gasteiger partial charge in [-0.3, -0.25) is 13.9 Å². The van der Waals surface area contributed by atoms with Gasteiger partial charge in [0, 0.05) is 17.6 Å². The Hall–Kier alpha value is -2.65. The average molecular weight is 498 g/mol. The molecule has 1 unspecified atom stereocenters. The lowest BCUT2D eigenvalue weighted by Crippen LogP contribution is -2.52. The molecular weight excluding hydrogens is 469 g/mol. The maximum Gasteiger partial charge on any atom is 0.244 e. The second kappa shape index (κ2) is 11.0. The molecule has 180 valence electrons. The maximum atomic E-state index is 13.4. The SMILES string of the molecule is Cc1ccc(N(CC(=O)N(Cc2ccc(F)cc2)C(C)C(=O)NC(C)C)S(C)(=O)=O)cc1Cl. The first-order chi connectivity index (χ1) is 15.3. The first-order valence-electron chi connectivity index (χ1n) is 10.4. The molecule has 2 rings (SSSR count). The van der Waals surface area contributed by atoms with Crippen LogP contribution in [-0.2, 0) is 26.2 Å². The van der Waals surface area contributed by atoms with Crippen LogP contribution in [0.5, 0.6) is 0 Å². The molecule has 0 radical (unpaired) electrons. The molecule has 7 nitrogen and oxygen atoms in total. The minimum absolute atomic E-state index is 0.00193. The van der Waals surface area contributed by atoms with Crippen LogP contribution in [0.2, 0.25) is 5.02 Å². The van der Waals surface area contributed by atoms with Crippen LogP contribution in [0.1, 0.15) is 31.9 Å². The normalized spacial score (nSPS) is 12.4. The molecule has 0 aliphatic rings. The second-order valence-corrected chi connectivity index (χ2v) is 10.5. The molecule has 2 amide bonds. The lowest BCUT2D eigenvalue weighted by atomic mass is 10.1. The Bertz CT molecular complexity index is 1110. The van der Waals surface area contributed by atoms with Gasteiger partial charge in [0.15, 0.2) is 0 Å². The van der Waals surface area contributed by atoms with E-state index in [9.17, 15) is 22.4 Å². The molecule has 0 saturated heterocycles. The zero-order valence-corrected chi connectivity index (χ0v) is 20.9. The fraction of sp³-hybridized carbons (Fsp3) is 0.391. The van der Waals surface area contributed by atoms with Crippen LogP contribution < -0.4 is 9.62 Å². The Morgan fingerprint density at radius 3 is 2.21 bits per heavy atom. The topological polar surface area (TPSA) is 86.8 Å². The molecule has 2 aromatic rings. The minimum Gasteiger partial charge on any atom is -0.352 e. The highest BCUT2D eigenvalue weighted by molar-refractivity contribution is 7.92. The van der Waals surface area contributed by atoms with Crippen molar-refractivity contribution in [3.05, 3.63) is 64.4 Å². The van der Waals surface area contributed by atoms with Crippen molar-refractivity contribution in [1.82, 2.24) is 10.2 Å². The molecule has 10 heteroatoms. The fourth-order valence-corrected chi connectivity index (χ4v) is 4.14. The highest BCUT2D eigenvalue weighted by Crippen LogP contribution is 2.25. The summed E-state index contributed by atoms with van der Waals surface area (Å²) in [5.41, 5.74) is 1.60. The number of carbonyl (C=O) groups is 2. The fourth-order valence-electron chi connectivity index (χ4n) is 3.12. The van der Waals surface area contributed by atoms with Crippen LogP contribution in [-0.4, -0.2) is 50.0 Å². The van der Waals surface area contributed by atoms with Gasteiger partial charge >= 0.3 is 0 Å². The standard InChI is InChI=1S/C23H29ClFN3O4S/c1-15(2)26-23(30)17(4)27(13-18-7-9-19(25)10-8-18)22(29)14-28(33(5,31)32)20-11-6-16(3)21(24)12-20/h6-12,15,17H,13-14H2,1-5H3,(H,26,30). The zero-order chi connectivity index (χ0) is 24.9. The molecule has 0 heterocycles. The number of rotatable bonds is 9. The number of amides is 2. The van der Waals surface area contributed by atoms with E-state index in [2.05, 4.69) is 5.32 Å². The van der Waals surface area contributed by atoms with Crippen molar-refractivity contribution in [3.63, 3.8) is 0 Å². The van der Waals surface area contributed by atoms with Crippen molar-refractivity contribution in [2.75, 3.05) is 17.1 Å². The molecule has 0 saturated carbocycles. The van der Waals surface area contributed by atoms with Crippen LogP contribution in [0.25, 0.3) is 0 Å². The summed E-state index contributed by atoms with van der Waals surface area (Å²) < 4.78 is 39.3. The molecule has 1 N–H and O–H groups in total. The van der Waals surface area contributed by atoms with Crippen molar-refractivity contribution < 1.29 is 22.4 Å². The van der Waals surface area contributed by atoms with Gasteiger partial charge in [0.1, 0.15) is 18.4 Å². The Balaban J connectivity index is 2.40. The van der Waals surface area contributed by atoms with Crippen molar-refractivity contribution >= 4 is 39.1 Å². The quantitative estimate of drug-likeness (QED) is 0.574. The number of aryl methyl sites for hydroxylation is 1. The largest absolute Gasteiger partial charge is 0.352 e. The van der Waals surface area contributed by atoms with Crippen LogP contribution in [0.15, 0.2) is 42.5 Å². The molecule has 1 atom stereocenters. The third kappa shape index (κ3) is 7.43. The molecule has 0 spiro atoms. The number of anilines is 1. The summed E-state index contributed by atoms with van der Waals surface area (Å²) in [5, 5.41) is 3.12. The lowest BCUT2D eigenvalue weighted by molar-refractivity contribution is -0.139. The number of benzene rings is 2. The Morgan fingerprint density at radius 1 is 1.09 bits per heavy atom. The van der Waals surface area contributed by atoms with Crippen molar-refractivity contribution in [1.29, 1.82) is 0 Å². The number of nitrogens with one attached hydrogen (secondary N) is 1. The highest BCUT2D eigenvalue weighted by Gasteiger charge is 2.30. The summed E-state index contributed by atoms with van der Waals surface area (Å²) in [5.74, 6) is -1.40. The van der Waals surface area contributed by atoms with Crippen LogP contribution in [0.3, 0.4) is 0 Å².